The van der Waals surface area contributed by atoms with Gasteiger partial charge >= 0.3 is 0 Å². The minimum absolute atomic E-state index is 0.481. The van der Waals surface area contributed by atoms with Crippen molar-refractivity contribution >= 4 is 0 Å². The molecule has 0 amide bonds. The lowest BCUT2D eigenvalue weighted by Gasteiger charge is -2.39. The second-order valence-corrected chi connectivity index (χ2v) is 8.60. The third kappa shape index (κ3) is 7.97. The molecular weight excluding hydrogens is 268 g/mol. The zero-order valence-corrected chi connectivity index (χ0v) is 15.6. The molecule has 0 bridgehead atoms. The van der Waals surface area contributed by atoms with Crippen LogP contribution >= 0.6 is 0 Å². The van der Waals surface area contributed by atoms with Gasteiger partial charge in [-0.25, -0.2) is 0 Å². The van der Waals surface area contributed by atoms with Gasteiger partial charge in [-0.1, -0.05) is 59.3 Å². The highest BCUT2D eigenvalue weighted by atomic mass is 14.6. The summed E-state index contributed by atoms with van der Waals surface area (Å²) >= 11 is 0. The van der Waals surface area contributed by atoms with Crippen LogP contribution in [0.2, 0.25) is 0 Å². The first-order chi connectivity index (χ1) is 10.5. The van der Waals surface area contributed by atoms with Crippen LogP contribution < -0.4 is 11.5 Å². The van der Waals surface area contributed by atoms with Gasteiger partial charge < -0.3 is 11.5 Å². The highest BCUT2D eigenvalue weighted by molar-refractivity contribution is 4.84. The van der Waals surface area contributed by atoms with Crippen LogP contribution in [-0.2, 0) is 0 Å². The Morgan fingerprint density at radius 1 is 0.909 bits per heavy atom. The lowest BCUT2D eigenvalue weighted by molar-refractivity contribution is 0.135. The van der Waals surface area contributed by atoms with E-state index in [1.165, 1.54) is 77.0 Å². The van der Waals surface area contributed by atoms with E-state index in [0.29, 0.717) is 17.4 Å². The molecule has 0 aromatic rings. The van der Waals surface area contributed by atoms with Crippen molar-refractivity contribution in [3.8, 4) is 0 Å². The van der Waals surface area contributed by atoms with Gasteiger partial charge in [0.05, 0.1) is 0 Å². The molecule has 0 spiro atoms. The average Bonchev–Trinajstić information content (AvgIpc) is 2.50. The fourth-order valence-electron chi connectivity index (χ4n) is 4.00. The van der Waals surface area contributed by atoms with Gasteiger partial charge in [0.25, 0.3) is 0 Å². The largest absolute Gasteiger partial charge is 0.330 e. The monoisotopic (exact) mass is 310 g/mol. The van der Waals surface area contributed by atoms with Crippen LogP contribution in [0.4, 0.5) is 0 Å². The van der Waals surface area contributed by atoms with Crippen molar-refractivity contribution in [1.29, 1.82) is 0 Å². The first-order valence-electron chi connectivity index (χ1n) is 9.91. The van der Waals surface area contributed by atoms with E-state index >= 15 is 0 Å². The van der Waals surface area contributed by atoms with Crippen LogP contribution in [0.25, 0.3) is 0 Å². The van der Waals surface area contributed by atoms with Crippen LogP contribution in [-0.4, -0.2) is 12.6 Å². The Hall–Kier alpha value is -0.0800. The van der Waals surface area contributed by atoms with Crippen LogP contribution in [0.1, 0.15) is 97.8 Å². The van der Waals surface area contributed by atoms with Gasteiger partial charge in [0, 0.05) is 6.04 Å². The normalized spacial score (nSPS) is 24.4. The molecule has 2 nitrogen and oxygen atoms in total. The molecule has 0 heterocycles. The van der Waals surface area contributed by atoms with Crippen LogP contribution in [0.3, 0.4) is 0 Å². The van der Waals surface area contributed by atoms with Crippen LogP contribution in [0.5, 0.6) is 0 Å². The molecule has 1 fully saturated rings. The topological polar surface area (TPSA) is 52.0 Å². The Morgan fingerprint density at radius 2 is 1.45 bits per heavy atom. The van der Waals surface area contributed by atoms with E-state index in [2.05, 4.69) is 20.8 Å². The zero-order valence-electron chi connectivity index (χ0n) is 15.6. The summed E-state index contributed by atoms with van der Waals surface area (Å²) < 4.78 is 0. The lowest BCUT2D eigenvalue weighted by atomic mass is 9.68. The molecule has 132 valence electrons. The number of rotatable bonds is 11. The van der Waals surface area contributed by atoms with Crippen molar-refractivity contribution in [3.63, 3.8) is 0 Å². The Morgan fingerprint density at radius 3 is 2.05 bits per heavy atom. The Bertz CT molecular complexity index is 267. The van der Waals surface area contributed by atoms with Gasteiger partial charge in [0.2, 0.25) is 0 Å². The van der Waals surface area contributed by atoms with E-state index in [1.54, 1.807) is 0 Å². The Kier molecular flexibility index (Phi) is 9.66. The second-order valence-electron chi connectivity index (χ2n) is 8.60. The van der Waals surface area contributed by atoms with Crippen LogP contribution in [0, 0.1) is 17.3 Å². The standard InChI is InChI=1S/C20H42N2/c1-17(16-21)10-8-6-4-5-7-9-15-20(2,3)18-11-13-19(22)14-12-18/h17-19H,4-16,21-22H2,1-3H3. The molecule has 0 aliphatic heterocycles. The number of unbranched alkanes of at least 4 members (excludes halogenated alkanes) is 5. The van der Waals surface area contributed by atoms with Gasteiger partial charge in [-0.15, -0.1) is 0 Å². The number of hydrogen-bond acceptors (Lipinski definition) is 2. The molecule has 0 saturated heterocycles. The third-order valence-electron chi connectivity index (χ3n) is 6.05. The predicted octanol–water partition coefficient (Wildman–Crippen LogP) is 5.25. The summed E-state index contributed by atoms with van der Waals surface area (Å²) in [5, 5.41) is 0. The minimum Gasteiger partial charge on any atom is -0.330 e. The molecule has 1 aliphatic carbocycles. The van der Waals surface area contributed by atoms with Crippen molar-refractivity contribution in [1.82, 2.24) is 0 Å². The van der Waals surface area contributed by atoms with Gasteiger partial charge in [-0.05, 0) is 62.3 Å². The predicted molar refractivity (Wildman–Crippen MR) is 98.9 cm³/mol. The summed E-state index contributed by atoms with van der Waals surface area (Å²) in [6.07, 6.45) is 16.3. The highest BCUT2D eigenvalue weighted by Gasteiger charge is 2.31. The van der Waals surface area contributed by atoms with E-state index < -0.39 is 0 Å². The molecule has 1 rings (SSSR count). The van der Waals surface area contributed by atoms with E-state index in [9.17, 15) is 0 Å². The third-order valence-corrected chi connectivity index (χ3v) is 6.05. The summed E-state index contributed by atoms with van der Waals surface area (Å²) in [4.78, 5) is 0. The van der Waals surface area contributed by atoms with Gasteiger partial charge in [-0.3, -0.25) is 0 Å². The van der Waals surface area contributed by atoms with Crippen molar-refractivity contribution in [2.75, 3.05) is 6.54 Å². The average molecular weight is 311 g/mol. The van der Waals surface area contributed by atoms with Crippen molar-refractivity contribution in [3.05, 3.63) is 0 Å². The van der Waals surface area contributed by atoms with E-state index in [1.807, 2.05) is 0 Å². The molecule has 4 N–H and O–H groups in total. The maximum atomic E-state index is 6.04. The first kappa shape index (κ1) is 20.0. The molecule has 0 aromatic carbocycles. The van der Waals surface area contributed by atoms with Gasteiger partial charge in [-0.2, -0.15) is 0 Å². The molecule has 1 unspecified atom stereocenters. The molecule has 1 saturated carbocycles. The molecule has 0 radical (unpaired) electrons. The quantitative estimate of drug-likeness (QED) is 0.512. The van der Waals surface area contributed by atoms with Crippen molar-refractivity contribution in [2.45, 2.75) is 104 Å². The molecule has 1 aliphatic rings. The summed E-state index contributed by atoms with van der Waals surface area (Å²) in [6, 6.07) is 0.481. The fourth-order valence-corrected chi connectivity index (χ4v) is 4.00. The minimum atomic E-state index is 0.481. The van der Waals surface area contributed by atoms with Gasteiger partial charge in [0.15, 0.2) is 0 Å². The first-order valence-corrected chi connectivity index (χ1v) is 9.91. The van der Waals surface area contributed by atoms with Crippen molar-refractivity contribution in [2.24, 2.45) is 28.7 Å². The Labute approximate surface area is 139 Å². The van der Waals surface area contributed by atoms with Crippen LogP contribution in [0.15, 0.2) is 0 Å². The molecule has 2 heteroatoms. The lowest BCUT2D eigenvalue weighted by Crippen LogP contribution is -2.33. The SMILES string of the molecule is CC(CN)CCCCCCCCC(C)(C)C1CCC(N)CC1. The zero-order chi connectivity index (χ0) is 16.4. The van der Waals surface area contributed by atoms with Crippen molar-refractivity contribution < 1.29 is 0 Å². The maximum Gasteiger partial charge on any atom is 0.00390 e. The van der Waals surface area contributed by atoms with E-state index in [-0.39, 0.29) is 0 Å². The second kappa shape index (κ2) is 10.6. The summed E-state index contributed by atoms with van der Waals surface area (Å²) in [5.74, 6) is 1.62. The van der Waals surface area contributed by atoms with E-state index in [4.69, 9.17) is 11.5 Å². The molecule has 0 aromatic heterocycles. The Balaban J connectivity index is 2.01. The summed E-state index contributed by atoms with van der Waals surface area (Å²) in [5.41, 5.74) is 12.2. The molecular formula is C20H42N2. The summed E-state index contributed by atoms with van der Waals surface area (Å²) in [6.45, 7) is 8.09. The maximum absolute atomic E-state index is 6.04. The highest BCUT2D eigenvalue weighted by Crippen LogP contribution is 2.41. The molecule has 22 heavy (non-hydrogen) atoms. The molecule has 1 atom stereocenters. The summed E-state index contributed by atoms with van der Waals surface area (Å²) in [7, 11) is 0. The number of hydrogen-bond donors (Lipinski definition) is 2. The fraction of sp³-hybridized carbons (Fsp3) is 1.00. The smallest absolute Gasteiger partial charge is 0.00390 e. The van der Waals surface area contributed by atoms with Gasteiger partial charge in [0.1, 0.15) is 0 Å². The van der Waals surface area contributed by atoms with E-state index in [0.717, 1.165) is 12.5 Å². The number of nitrogens with two attached hydrogens (primary N) is 2.